The maximum Gasteiger partial charge on any atom is 0.411 e. The highest BCUT2D eigenvalue weighted by molar-refractivity contribution is 5.78. The van der Waals surface area contributed by atoms with Crippen LogP contribution in [0.5, 0.6) is 0 Å². The summed E-state index contributed by atoms with van der Waals surface area (Å²) >= 11 is 0. The van der Waals surface area contributed by atoms with E-state index in [1.54, 1.807) is 12.1 Å². The first-order chi connectivity index (χ1) is 9.35. The summed E-state index contributed by atoms with van der Waals surface area (Å²) in [5.74, 6) is -0.832. The zero-order chi connectivity index (χ0) is 14.8. The first kappa shape index (κ1) is 14.8. The second-order valence-electron chi connectivity index (χ2n) is 4.68. The van der Waals surface area contributed by atoms with Crippen LogP contribution in [0.2, 0.25) is 0 Å². The molecule has 0 unspecified atom stereocenters. The standard InChI is InChI=1S/C13H13F4NO2/c14-9-3-1-8(2-4-9)10-5-11(10)18-12(19)6-20-7-13(15,16)17/h1-4,10-11H,5-7H2,(H,18,19)/t10-,11+/m0/s1. The average Bonchev–Trinajstić information content (AvgIpc) is 3.07. The minimum atomic E-state index is -4.43. The third kappa shape index (κ3) is 4.48. The van der Waals surface area contributed by atoms with Crippen LogP contribution in [-0.2, 0) is 9.53 Å². The minimum Gasteiger partial charge on any atom is -0.362 e. The molecule has 20 heavy (non-hydrogen) atoms. The van der Waals surface area contributed by atoms with Crippen molar-refractivity contribution in [1.29, 1.82) is 0 Å². The quantitative estimate of drug-likeness (QED) is 0.846. The van der Waals surface area contributed by atoms with Crippen LogP contribution >= 0.6 is 0 Å². The molecule has 0 heterocycles. The Hall–Kier alpha value is -1.63. The zero-order valence-corrected chi connectivity index (χ0v) is 10.4. The highest BCUT2D eigenvalue weighted by Crippen LogP contribution is 2.40. The number of ether oxygens (including phenoxy) is 1. The summed E-state index contributed by atoms with van der Waals surface area (Å²) in [5, 5.41) is 2.58. The van der Waals surface area contributed by atoms with Crippen LogP contribution in [0.4, 0.5) is 17.6 Å². The third-order valence-electron chi connectivity index (χ3n) is 2.93. The highest BCUT2D eigenvalue weighted by atomic mass is 19.4. The fraction of sp³-hybridized carbons (Fsp3) is 0.462. The Kier molecular flexibility index (Phi) is 4.27. The van der Waals surface area contributed by atoms with Gasteiger partial charge in [-0.15, -0.1) is 0 Å². The van der Waals surface area contributed by atoms with E-state index in [4.69, 9.17) is 0 Å². The van der Waals surface area contributed by atoms with Crippen molar-refractivity contribution in [2.45, 2.75) is 24.6 Å². The van der Waals surface area contributed by atoms with Crippen LogP contribution in [0.1, 0.15) is 17.9 Å². The van der Waals surface area contributed by atoms with Crippen molar-refractivity contribution in [3.63, 3.8) is 0 Å². The van der Waals surface area contributed by atoms with Gasteiger partial charge in [0.1, 0.15) is 19.0 Å². The topological polar surface area (TPSA) is 38.3 Å². The second-order valence-corrected chi connectivity index (χ2v) is 4.68. The first-order valence-electron chi connectivity index (χ1n) is 6.04. The Labute approximate surface area is 112 Å². The molecule has 1 amide bonds. The van der Waals surface area contributed by atoms with Gasteiger partial charge >= 0.3 is 6.18 Å². The molecule has 0 spiro atoms. The molecule has 7 heteroatoms. The largest absolute Gasteiger partial charge is 0.411 e. The molecule has 0 bridgehead atoms. The number of halogens is 4. The maximum absolute atomic E-state index is 12.7. The van der Waals surface area contributed by atoms with Crippen LogP contribution in [0.15, 0.2) is 24.3 Å². The van der Waals surface area contributed by atoms with E-state index in [0.717, 1.165) is 5.56 Å². The summed E-state index contributed by atoms with van der Waals surface area (Å²) in [6, 6.07) is 5.80. The number of hydrogen-bond donors (Lipinski definition) is 1. The summed E-state index contributed by atoms with van der Waals surface area (Å²) < 4.78 is 52.4. The van der Waals surface area contributed by atoms with Crippen LogP contribution in [0.3, 0.4) is 0 Å². The van der Waals surface area contributed by atoms with Gasteiger partial charge < -0.3 is 10.1 Å². The molecule has 1 aromatic rings. The first-order valence-corrected chi connectivity index (χ1v) is 6.04. The van der Waals surface area contributed by atoms with Gasteiger partial charge in [0.2, 0.25) is 5.91 Å². The molecule has 3 nitrogen and oxygen atoms in total. The van der Waals surface area contributed by atoms with Crippen molar-refractivity contribution in [2.24, 2.45) is 0 Å². The highest BCUT2D eigenvalue weighted by Gasteiger charge is 2.39. The summed E-state index contributed by atoms with van der Waals surface area (Å²) in [6.45, 7) is -2.06. The van der Waals surface area contributed by atoms with E-state index in [-0.39, 0.29) is 17.8 Å². The van der Waals surface area contributed by atoms with Crippen molar-refractivity contribution in [3.05, 3.63) is 35.6 Å². The van der Waals surface area contributed by atoms with E-state index in [9.17, 15) is 22.4 Å². The Morgan fingerprint density at radius 3 is 2.55 bits per heavy atom. The second kappa shape index (κ2) is 5.78. The van der Waals surface area contributed by atoms with Crippen LogP contribution in [0.25, 0.3) is 0 Å². The molecule has 2 atom stereocenters. The molecule has 0 aliphatic heterocycles. The van der Waals surface area contributed by atoms with Gasteiger partial charge in [0.15, 0.2) is 0 Å². The Balaban J connectivity index is 1.71. The number of amides is 1. The number of carbonyl (C=O) groups excluding carboxylic acids is 1. The average molecular weight is 291 g/mol. The Bertz CT molecular complexity index is 472. The molecule has 2 rings (SSSR count). The fourth-order valence-corrected chi connectivity index (χ4v) is 1.94. The van der Waals surface area contributed by atoms with E-state index < -0.39 is 25.3 Å². The lowest BCUT2D eigenvalue weighted by Gasteiger charge is -2.08. The minimum absolute atomic E-state index is 0.0853. The van der Waals surface area contributed by atoms with Crippen molar-refractivity contribution >= 4 is 5.91 Å². The predicted octanol–water partition coefficient (Wildman–Crippen LogP) is 2.38. The van der Waals surface area contributed by atoms with Crippen LogP contribution < -0.4 is 5.32 Å². The van der Waals surface area contributed by atoms with Gasteiger partial charge in [-0.2, -0.15) is 13.2 Å². The lowest BCUT2D eigenvalue weighted by Crippen LogP contribution is -2.32. The number of rotatable bonds is 5. The number of hydrogen-bond acceptors (Lipinski definition) is 2. The normalized spacial score (nSPS) is 21.6. The number of benzene rings is 1. The summed E-state index contributed by atoms with van der Waals surface area (Å²) in [5.41, 5.74) is 0.896. The summed E-state index contributed by atoms with van der Waals surface area (Å²) in [4.78, 5) is 11.3. The van der Waals surface area contributed by atoms with Crippen LogP contribution in [0, 0.1) is 5.82 Å². The van der Waals surface area contributed by atoms with Crippen LogP contribution in [-0.4, -0.2) is 31.3 Å². The fourth-order valence-electron chi connectivity index (χ4n) is 1.94. The molecule has 110 valence electrons. The lowest BCUT2D eigenvalue weighted by molar-refractivity contribution is -0.175. The molecule has 1 aliphatic carbocycles. The van der Waals surface area contributed by atoms with Crippen molar-refractivity contribution in [1.82, 2.24) is 5.32 Å². The molecule has 1 aliphatic rings. The van der Waals surface area contributed by atoms with Gasteiger partial charge in [0, 0.05) is 12.0 Å². The number of nitrogens with one attached hydrogen (secondary N) is 1. The summed E-state index contributed by atoms with van der Waals surface area (Å²) in [7, 11) is 0. The molecule has 1 N–H and O–H groups in total. The molecular weight excluding hydrogens is 278 g/mol. The third-order valence-corrected chi connectivity index (χ3v) is 2.93. The van der Waals surface area contributed by atoms with Gasteiger partial charge in [0.05, 0.1) is 0 Å². The lowest BCUT2D eigenvalue weighted by atomic mass is 10.1. The van der Waals surface area contributed by atoms with E-state index in [0.29, 0.717) is 6.42 Å². The van der Waals surface area contributed by atoms with E-state index in [1.165, 1.54) is 12.1 Å². The number of alkyl halides is 3. The smallest absolute Gasteiger partial charge is 0.362 e. The molecular formula is C13H13F4NO2. The van der Waals surface area contributed by atoms with Gasteiger partial charge in [-0.3, -0.25) is 4.79 Å². The number of carbonyl (C=O) groups is 1. The maximum atomic E-state index is 12.7. The van der Waals surface area contributed by atoms with Crippen molar-refractivity contribution < 1.29 is 27.1 Å². The SMILES string of the molecule is O=C(COCC(F)(F)F)N[C@@H]1C[C@H]1c1ccc(F)cc1. The molecule has 0 aromatic heterocycles. The van der Waals surface area contributed by atoms with Gasteiger partial charge in [-0.05, 0) is 24.1 Å². The predicted molar refractivity (Wildman–Crippen MR) is 62.6 cm³/mol. The monoisotopic (exact) mass is 291 g/mol. The van der Waals surface area contributed by atoms with E-state index >= 15 is 0 Å². The van der Waals surface area contributed by atoms with E-state index in [2.05, 4.69) is 10.1 Å². The van der Waals surface area contributed by atoms with Crippen molar-refractivity contribution in [2.75, 3.05) is 13.2 Å². The van der Waals surface area contributed by atoms with Gasteiger partial charge in [0.25, 0.3) is 0 Å². The molecule has 0 saturated heterocycles. The summed E-state index contributed by atoms with van der Waals surface area (Å²) in [6.07, 6.45) is -3.74. The Morgan fingerprint density at radius 1 is 1.30 bits per heavy atom. The molecule has 1 saturated carbocycles. The molecule has 1 aromatic carbocycles. The van der Waals surface area contributed by atoms with E-state index in [1.807, 2.05) is 0 Å². The molecule has 1 fully saturated rings. The van der Waals surface area contributed by atoms with Gasteiger partial charge in [-0.1, -0.05) is 12.1 Å². The van der Waals surface area contributed by atoms with Crippen molar-refractivity contribution in [3.8, 4) is 0 Å². The zero-order valence-electron chi connectivity index (χ0n) is 10.4. The molecule has 0 radical (unpaired) electrons. The van der Waals surface area contributed by atoms with Gasteiger partial charge in [-0.25, -0.2) is 4.39 Å². The Morgan fingerprint density at radius 2 is 1.95 bits per heavy atom.